The molecule has 1 aromatic heterocycles. The zero-order valence-corrected chi connectivity index (χ0v) is 10.4. The summed E-state index contributed by atoms with van der Waals surface area (Å²) in [6.45, 7) is 0. The Bertz CT molecular complexity index is 405. The van der Waals surface area contributed by atoms with E-state index in [0.29, 0.717) is 0 Å². The van der Waals surface area contributed by atoms with Gasteiger partial charge in [-0.3, -0.25) is 16.3 Å². The number of nitrogens with zero attached hydrogens (tertiary/aromatic N) is 1. The van der Waals surface area contributed by atoms with Crippen molar-refractivity contribution in [2.45, 2.75) is 18.6 Å². The highest BCUT2D eigenvalue weighted by Gasteiger charge is 2.37. The molecule has 100 valence electrons. The molecule has 0 radical (unpaired) electrons. The molecule has 1 fully saturated rings. The third-order valence-electron chi connectivity index (χ3n) is 3.11. The van der Waals surface area contributed by atoms with Gasteiger partial charge in [-0.05, 0) is 29.9 Å². The highest BCUT2D eigenvalue weighted by atomic mass is 32.2. The zero-order valence-electron chi connectivity index (χ0n) is 9.57. The van der Waals surface area contributed by atoms with Gasteiger partial charge in [-0.1, -0.05) is 0 Å². The fourth-order valence-corrected chi connectivity index (χ4v) is 3.51. The Labute approximate surface area is 107 Å². The van der Waals surface area contributed by atoms with Crippen molar-refractivity contribution in [3.05, 3.63) is 29.6 Å². The second-order valence-electron chi connectivity index (χ2n) is 4.23. The van der Waals surface area contributed by atoms with E-state index in [-0.39, 0.29) is 11.5 Å². The summed E-state index contributed by atoms with van der Waals surface area (Å²) in [4.78, 5) is 3.80. The van der Waals surface area contributed by atoms with E-state index in [1.54, 1.807) is 11.8 Å². The first-order valence-corrected chi connectivity index (χ1v) is 6.74. The van der Waals surface area contributed by atoms with Crippen LogP contribution >= 0.6 is 11.8 Å². The molecule has 0 saturated carbocycles. The van der Waals surface area contributed by atoms with Gasteiger partial charge in [-0.2, -0.15) is 24.9 Å². The Morgan fingerprint density at radius 2 is 2.28 bits per heavy atom. The summed E-state index contributed by atoms with van der Waals surface area (Å²) in [5, 5.41) is 0. The van der Waals surface area contributed by atoms with Gasteiger partial charge >= 0.3 is 6.18 Å². The third-order valence-corrected chi connectivity index (χ3v) is 4.30. The van der Waals surface area contributed by atoms with E-state index in [2.05, 4.69) is 10.4 Å². The van der Waals surface area contributed by atoms with Crippen LogP contribution in [0.15, 0.2) is 18.5 Å². The molecule has 1 saturated heterocycles. The molecule has 2 rings (SSSR count). The summed E-state index contributed by atoms with van der Waals surface area (Å²) in [7, 11) is 0. The van der Waals surface area contributed by atoms with E-state index in [1.807, 2.05) is 0 Å². The number of nitrogens with two attached hydrogens (primary N) is 1. The normalized spacial score (nSPS) is 22.1. The topological polar surface area (TPSA) is 50.9 Å². The number of hydrogen-bond acceptors (Lipinski definition) is 4. The number of hydrogen-bond donors (Lipinski definition) is 2. The Morgan fingerprint density at radius 3 is 2.83 bits per heavy atom. The van der Waals surface area contributed by atoms with Gasteiger partial charge in [-0.25, -0.2) is 0 Å². The second-order valence-corrected chi connectivity index (χ2v) is 5.38. The molecule has 3 N–H and O–H groups in total. The molecule has 1 aliphatic heterocycles. The largest absolute Gasteiger partial charge is 0.416 e. The molecule has 3 nitrogen and oxygen atoms in total. The first-order valence-electron chi connectivity index (χ1n) is 5.59. The van der Waals surface area contributed by atoms with Crippen LogP contribution in [0.2, 0.25) is 0 Å². The van der Waals surface area contributed by atoms with E-state index < -0.39 is 17.8 Å². The minimum Gasteiger partial charge on any atom is -0.271 e. The minimum atomic E-state index is -4.38. The molecule has 0 spiro atoms. The third kappa shape index (κ3) is 2.78. The SMILES string of the molecule is NNC(c1cnccc1C(F)(F)F)C1CCSC1. The number of halogens is 3. The predicted octanol–water partition coefficient (Wildman–Crippen LogP) is 2.36. The fourth-order valence-electron chi connectivity index (χ4n) is 2.21. The molecule has 7 heteroatoms. The van der Waals surface area contributed by atoms with Crippen LogP contribution in [0.3, 0.4) is 0 Å². The van der Waals surface area contributed by atoms with E-state index in [4.69, 9.17) is 5.84 Å². The summed E-state index contributed by atoms with van der Waals surface area (Å²) < 4.78 is 38.8. The summed E-state index contributed by atoms with van der Waals surface area (Å²) in [6, 6.07) is 0.507. The lowest BCUT2D eigenvalue weighted by Gasteiger charge is -2.25. The van der Waals surface area contributed by atoms with Gasteiger partial charge in [0.15, 0.2) is 0 Å². The standard InChI is InChI=1S/C11H14F3N3S/c12-11(13,14)9-1-3-16-5-8(9)10(17-15)7-2-4-18-6-7/h1,3,5,7,10,17H,2,4,6,15H2. The lowest BCUT2D eigenvalue weighted by atomic mass is 9.91. The van der Waals surface area contributed by atoms with Crippen LogP contribution in [0.25, 0.3) is 0 Å². The van der Waals surface area contributed by atoms with E-state index in [1.165, 1.54) is 6.20 Å². The van der Waals surface area contributed by atoms with Crippen molar-refractivity contribution in [1.29, 1.82) is 0 Å². The molecule has 1 aliphatic rings. The van der Waals surface area contributed by atoms with Crippen molar-refractivity contribution in [1.82, 2.24) is 10.4 Å². The van der Waals surface area contributed by atoms with Gasteiger partial charge in [0, 0.05) is 18.0 Å². The Hall–Kier alpha value is -0.790. The monoisotopic (exact) mass is 277 g/mol. The lowest BCUT2D eigenvalue weighted by Crippen LogP contribution is -2.35. The highest BCUT2D eigenvalue weighted by molar-refractivity contribution is 7.99. The quantitative estimate of drug-likeness (QED) is 0.658. The van der Waals surface area contributed by atoms with Gasteiger partial charge < -0.3 is 0 Å². The number of hydrazine groups is 1. The van der Waals surface area contributed by atoms with Gasteiger partial charge in [0.05, 0.1) is 11.6 Å². The molecule has 18 heavy (non-hydrogen) atoms. The predicted molar refractivity (Wildman–Crippen MR) is 64.7 cm³/mol. The molecule has 0 amide bonds. The molecule has 1 aromatic rings. The average Bonchev–Trinajstić information content (AvgIpc) is 2.83. The molecule has 0 bridgehead atoms. The number of aromatic nitrogens is 1. The maximum Gasteiger partial charge on any atom is 0.416 e. The van der Waals surface area contributed by atoms with Crippen LogP contribution in [-0.4, -0.2) is 16.5 Å². The van der Waals surface area contributed by atoms with E-state index in [0.717, 1.165) is 30.2 Å². The zero-order chi connectivity index (χ0) is 13.2. The van der Waals surface area contributed by atoms with Crippen LogP contribution in [-0.2, 0) is 6.18 Å². The minimum absolute atomic E-state index is 0.116. The van der Waals surface area contributed by atoms with Crippen molar-refractivity contribution < 1.29 is 13.2 Å². The van der Waals surface area contributed by atoms with Crippen molar-refractivity contribution in [2.24, 2.45) is 11.8 Å². The van der Waals surface area contributed by atoms with Crippen molar-refractivity contribution in [2.75, 3.05) is 11.5 Å². The van der Waals surface area contributed by atoms with Gasteiger partial charge in [0.2, 0.25) is 0 Å². The summed E-state index contributed by atoms with van der Waals surface area (Å²) >= 11 is 1.74. The first kappa shape index (κ1) is 13.6. The Kier molecular flexibility index (Phi) is 4.14. The summed E-state index contributed by atoms with van der Waals surface area (Å²) in [5.41, 5.74) is 2.00. The van der Waals surface area contributed by atoms with Crippen molar-refractivity contribution in [3.8, 4) is 0 Å². The van der Waals surface area contributed by atoms with Gasteiger partial charge in [0.25, 0.3) is 0 Å². The van der Waals surface area contributed by atoms with Crippen molar-refractivity contribution >= 4 is 11.8 Å². The summed E-state index contributed by atoms with van der Waals surface area (Å²) in [5.74, 6) is 7.34. The average molecular weight is 277 g/mol. The molecular weight excluding hydrogens is 263 g/mol. The molecule has 2 heterocycles. The Balaban J connectivity index is 2.35. The van der Waals surface area contributed by atoms with Crippen LogP contribution in [0, 0.1) is 5.92 Å². The Morgan fingerprint density at radius 1 is 1.50 bits per heavy atom. The van der Waals surface area contributed by atoms with E-state index >= 15 is 0 Å². The molecule has 0 aromatic carbocycles. The number of rotatable bonds is 3. The number of nitrogens with one attached hydrogen (secondary N) is 1. The maximum atomic E-state index is 12.9. The van der Waals surface area contributed by atoms with Crippen LogP contribution in [0.1, 0.15) is 23.6 Å². The van der Waals surface area contributed by atoms with Crippen LogP contribution in [0.4, 0.5) is 13.2 Å². The summed E-state index contributed by atoms with van der Waals surface area (Å²) in [6.07, 6.45) is -1.09. The number of pyridine rings is 1. The van der Waals surface area contributed by atoms with Gasteiger partial charge in [0.1, 0.15) is 0 Å². The number of alkyl halides is 3. The van der Waals surface area contributed by atoms with Gasteiger partial charge in [-0.15, -0.1) is 0 Å². The van der Waals surface area contributed by atoms with Crippen LogP contribution in [0.5, 0.6) is 0 Å². The first-order chi connectivity index (χ1) is 8.54. The van der Waals surface area contributed by atoms with Crippen LogP contribution < -0.4 is 11.3 Å². The molecule has 2 unspecified atom stereocenters. The molecule has 0 aliphatic carbocycles. The lowest BCUT2D eigenvalue weighted by molar-refractivity contribution is -0.138. The maximum absolute atomic E-state index is 12.9. The fraction of sp³-hybridized carbons (Fsp3) is 0.545. The highest BCUT2D eigenvalue weighted by Crippen LogP contribution is 2.39. The van der Waals surface area contributed by atoms with Crippen molar-refractivity contribution in [3.63, 3.8) is 0 Å². The smallest absolute Gasteiger partial charge is 0.271 e. The molecular formula is C11H14F3N3S. The number of thioether (sulfide) groups is 1. The van der Waals surface area contributed by atoms with E-state index in [9.17, 15) is 13.2 Å². The molecule has 2 atom stereocenters. The second kappa shape index (κ2) is 5.46.